The molecule has 0 radical (unpaired) electrons. The summed E-state index contributed by atoms with van der Waals surface area (Å²) in [6.07, 6.45) is 5.80. The number of carboxylic acid groups (broad SMARTS) is 1. The quantitative estimate of drug-likeness (QED) is 0.732. The number of fused-ring (bicyclic) bond motifs is 5. The Kier molecular flexibility index (Phi) is 3.19. The largest absolute Gasteiger partial charge is 0.478 e. The lowest BCUT2D eigenvalue weighted by Gasteiger charge is -2.17. The Balaban J connectivity index is 1.97. The second-order valence-electron chi connectivity index (χ2n) is 6.07. The summed E-state index contributed by atoms with van der Waals surface area (Å²) in [6.45, 7) is 4.18. The Bertz CT molecular complexity index is 970. The van der Waals surface area contributed by atoms with Gasteiger partial charge in [-0.05, 0) is 43.7 Å². The van der Waals surface area contributed by atoms with Gasteiger partial charge in [0.1, 0.15) is 10.7 Å². The molecule has 6 nitrogen and oxygen atoms in total. The predicted octanol–water partition coefficient (Wildman–Crippen LogP) is 2.87. The van der Waals surface area contributed by atoms with E-state index in [4.69, 9.17) is 5.11 Å². The topological polar surface area (TPSA) is 80.4 Å². The van der Waals surface area contributed by atoms with Crippen molar-refractivity contribution in [2.75, 3.05) is 0 Å². The zero-order chi connectivity index (χ0) is 16.1. The number of aryl methyl sites for hydroxylation is 2. The molecule has 0 spiro atoms. The van der Waals surface area contributed by atoms with Gasteiger partial charge in [-0.3, -0.25) is 0 Å². The van der Waals surface area contributed by atoms with Crippen molar-refractivity contribution in [1.82, 2.24) is 19.6 Å². The Labute approximate surface area is 136 Å². The number of aliphatic carboxylic acids is 1. The molecule has 0 aliphatic heterocycles. The van der Waals surface area contributed by atoms with Crippen LogP contribution in [0.2, 0.25) is 0 Å². The van der Waals surface area contributed by atoms with Gasteiger partial charge in [0.2, 0.25) is 0 Å². The molecule has 0 aromatic carbocycles. The van der Waals surface area contributed by atoms with E-state index in [1.807, 2.05) is 6.92 Å². The number of rotatable bonds is 2. The molecule has 0 bridgehead atoms. The van der Waals surface area contributed by atoms with Crippen molar-refractivity contribution < 1.29 is 9.90 Å². The maximum Gasteiger partial charge on any atom is 0.328 e. The van der Waals surface area contributed by atoms with E-state index < -0.39 is 5.97 Å². The summed E-state index contributed by atoms with van der Waals surface area (Å²) >= 11 is 1.76. The van der Waals surface area contributed by atoms with E-state index in [0.29, 0.717) is 11.7 Å². The lowest BCUT2D eigenvalue weighted by atomic mass is 9.89. The second-order valence-corrected chi connectivity index (χ2v) is 7.15. The lowest BCUT2D eigenvalue weighted by Crippen LogP contribution is -2.08. The molecule has 3 aromatic heterocycles. The molecule has 0 amide bonds. The molecule has 3 heterocycles. The fourth-order valence-corrected chi connectivity index (χ4v) is 4.59. The monoisotopic (exact) mass is 328 g/mol. The van der Waals surface area contributed by atoms with Crippen molar-refractivity contribution >= 4 is 39.2 Å². The highest BCUT2D eigenvalue weighted by Crippen LogP contribution is 2.38. The van der Waals surface area contributed by atoms with Gasteiger partial charge in [-0.15, -0.1) is 16.4 Å². The molecule has 1 N–H and O–H groups in total. The van der Waals surface area contributed by atoms with Crippen molar-refractivity contribution in [2.24, 2.45) is 5.92 Å². The number of nitrogens with zero attached hydrogens (tertiary/aromatic N) is 4. The third-order valence-electron chi connectivity index (χ3n) is 4.29. The van der Waals surface area contributed by atoms with Crippen molar-refractivity contribution in [3.8, 4) is 0 Å². The van der Waals surface area contributed by atoms with E-state index in [0.717, 1.165) is 40.6 Å². The lowest BCUT2D eigenvalue weighted by molar-refractivity contribution is -0.131. The van der Waals surface area contributed by atoms with Gasteiger partial charge in [-0.25, -0.2) is 14.8 Å². The Morgan fingerprint density at radius 3 is 3.04 bits per heavy atom. The minimum Gasteiger partial charge on any atom is -0.478 e. The van der Waals surface area contributed by atoms with Gasteiger partial charge in [0.15, 0.2) is 11.5 Å². The SMILES string of the molecule is Cc1nc2sc3c(c2c2nc(C=CC(=O)O)nn12)CCC(C)C3. The van der Waals surface area contributed by atoms with Crippen LogP contribution >= 0.6 is 11.3 Å². The normalized spacial score (nSPS) is 18.1. The molecule has 4 rings (SSSR count). The van der Waals surface area contributed by atoms with Gasteiger partial charge in [0.05, 0.1) is 5.39 Å². The van der Waals surface area contributed by atoms with Crippen LogP contribution in [0.3, 0.4) is 0 Å². The molecule has 7 heteroatoms. The summed E-state index contributed by atoms with van der Waals surface area (Å²) in [5.74, 6) is 0.862. The molecular weight excluding hydrogens is 312 g/mol. The number of thiophene rings is 1. The fourth-order valence-electron chi connectivity index (χ4n) is 3.17. The van der Waals surface area contributed by atoms with Crippen LogP contribution in [-0.4, -0.2) is 30.7 Å². The molecule has 1 atom stereocenters. The molecule has 3 aromatic rings. The molecule has 1 aliphatic rings. The van der Waals surface area contributed by atoms with Gasteiger partial charge in [0.25, 0.3) is 0 Å². The van der Waals surface area contributed by atoms with Crippen LogP contribution in [0.4, 0.5) is 0 Å². The minimum absolute atomic E-state index is 0.397. The number of hydrogen-bond donors (Lipinski definition) is 1. The third-order valence-corrected chi connectivity index (χ3v) is 5.43. The van der Waals surface area contributed by atoms with Crippen molar-refractivity contribution in [1.29, 1.82) is 0 Å². The van der Waals surface area contributed by atoms with Gasteiger partial charge in [-0.1, -0.05) is 6.92 Å². The Morgan fingerprint density at radius 2 is 2.26 bits per heavy atom. The highest BCUT2D eigenvalue weighted by atomic mass is 32.1. The first kappa shape index (κ1) is 14.3. The molecule has 118 valence electrons. The zero-order valence-corrected chi connectivity index (χ0v) is 13.7. The van der Waals surface area contributed by atoms with Crippen molar-refractivity contribution in [3.05, 3.63) is 28.2 Å². The number of carbonyl (C=O) groups is 1. The van der Waals surface area contributed by atoms with Crippen LogP contribution in [0, 0.1) is 12.8 Å². The summed E-state index contributed by atoms with van der Waals surface area (Å²) in [4.78, 5) is 22.3. The molecule has 1 aliphatic carbocycles. The Morgan fingerprint density at radius 1 is 1.43 bits per heavy atom. The van der Waals surface area contributed by atoms with E-state index in [1.165, 1.54) is 22.9 Å². The molecule has 0 saturated heterocycles. The summed E-state index contributed by atoms with van der Waals surface area (Å²) in [6, 6.07) is 0. The average molecular weight is 328 g/mol. The van der Waals surface area contributed by atoms with Gasteiger partial charge in [-0.2, -0.15) is 4.52 Å². The maximum atomic E-state index is 10.7. The van der Waals surface area contributed by atoms with Gasteiger partial charge in [0, 0.05) is 11.0 Å². The highest BCUT2D eigenvalue weighted by Gasteiger charge is 2.24. The first-order chi connectivity index (χ1) is 11.0. The first-order valence-electron chi connectivity index (χ1n) is 7.61. The van der Waals surface area contributed by atoms with Crippen LogP contribution < -0.4 is 0 Å². The van der Waals surface area contributed by atoms with E-state index in [1.54, 1.807) is 15.9 Å². The second kappa shape index (κ2) is 5.13. The van der Waals surface area contributed by atoms with E-state index >= 15 is 0 Å². The number of carboxylic acids is 1. The molecule has 23 heavy (non-hydrogen) atoms. The van der Waals surface area contributed by atoms with Crippen LogP contribution in [-0.2, 0) is 17.6 Å². The number of aromatic nitrogens is 4. The smallest absolute Gasteiger partial charge is 0.328 e. The maximum absolute atomic E-state index is 10.7. The summed E-state index contributed by atoms with van der Waals surface area (Å²) in [5, 5.41) is 14.2. The first-order valence-corrected chi connectivity index (χ1v) is 8.43. The summed E-state index contributed by atoms with van der Waals surface area (Å²) < 4.78 is 1.72. The van der Waals surface area contributed by atoms with Gasteiger partial charge < -0.3 is 5.11 Å². The van der Waals surface area contributed by atoms with Crippen LogP contribution in [0.25, 0.3) is 21.9 Å². The standard InChI is InChI=1S/C16H16N4O2S/c1-8-3-4-10-11(7-8)23-16-14(10)15-18-12(5-6-13(21)22)19-20(15)9(2)17-16/h5-6,8H,3-4,7H2,1-2H3,(H,21,22). The predicted molar refractivity (Wildman–Crippen MR) is 88.8 cm³/mol. The van der Waals surface area contributed by atoms with Crippen LogP contribution in [0.1, 0.15) is 35.4 Å². The molecule has 1 unspecified atom stereocenters. The third kappa shape index (κ3) is 2.31. The minimum atomic E-state index is -1.01. The molecular formula is C16H16N4O2S. The summed E-state index contributed by atoms with van der Waals surface area (Å²) in [7, 11) is 0. The van der Waals surface area contributed by atoms with E-state index in [2.05, 4.69) is 22.0 Å². The van der Waals surface area contributed by atoms with Crippen molar-refractivity contribution in [3.63, 3.8) is 0 Å². The fraction of sp³-hybridized carbons (Fsp3) is 0.375. The van der Waals surface area contributed by atoms with E-state index in [9.17, 15) is 4.79 Å². The average Bonchev–Trinajstić information content (AvgIpc) is 3.05. The molecule has 0 saturated carbocycles. The van der Waals surface area contributed by atoms with Crippen LogP contribution in [0.15, 0.2) is 6.08 Å². The van der Waals surface area contributed by atoms with Crippen molar-refractivity contribution in [2.45, 2.75) is 33.1 Å². The van der Waals surface area contributed by atoms with Crippen LogP contribution in [0.5, 0.6) is 0 Å². The zero-order valence-electron chi connectivity index (χ0n) is 12.9. The summed E-state index contributed by atoms with van der Waals surface area (Å²) in [5.41, 5.74) is 2.13. The van der Waals surface area contributed by atoms with Gasteiger partial charge >= 0.3 is 5.97 Å². The Hall–Kier alpha value is -2.28. The molecule has 0 fully saturated rings. The number of hydrogen-bond acceptors (Lipinski definition) is 5. The highest BCUT2D eigenvalue weighted by molar-refractivity contribution is 7.19. The van der Waals surface area contributed by atoms with E-state index in [-0.39, 0.29) is 0 Å².